The van der Waals surface area contributed by atoms with E-state index in [0.717, 1.165) is 77.6 Å². The van der Waals surface area contributed by atoms with E-state index in [-0.39, 0.29) is 18.2 Å². The molecule has 37 heavy (non-hydrogen) atoms. The summed E-state index contributed by atoms with van der Waals surface area (Å²) in [4.78, 5) is 31.4. The number of ketones is 1. The van der Waals surface area contributed by atoms with Gasteiger partial charge in [0, 0.05) is 34.6 Å². The number of hydrogen-bond donors (Lipinski definition) is 0. The molecule has 4 aromatic rings. The highest BCUT2D eigenvalue weighted by Gasteiger charge is 2.24. The van der Waals surface area contributed by atoms with Gasteiger partial charge in [0.05, 0.1) is 11.1 Å². The number of aryl methyl sites for hydroxylation is 3. The topological polar surface area (TPSA) is 61.2 Å². The first-order chi connectivity index (χ1) is 17.9. The van der Waals surface area contributed by atoms with Crippen LogP contribution in [0.5, 0.6) is 0 Å². The van der Waals surface area contributed by atoms with Gasteiger partial charge in [0.1, 0.15) is 5.82 Å². The molecule has 2 aromatic carbocycles. The van der Waals surface area contributed by atoms with Gasteiger partial charge >= 0.3 is 5.97 Å². The van der Waals surface area contributed by atoms with Crippen LogP contribution in [-0.2, 0) is 30.5 Å². The van der Waals surface area contributed by atoms with Crippen molar-refractivity contribution < 1.29 is 18.7 Å². The van der Waals surface area contributed by atoms with Crippen LogP contribution in [0.15, 0.2) is 54.6 Å². The van der Waals surface area contributed by atoms with Crippen LogP contribution in [0.2, 0.25) is 0 Å². The fourth-order valence-corrected chi connectivity index (χ4v) is 5.38. The van der Waals surface area contributed by atoms with E-state index in [2.05, 4.69) is 4.57 Å². The third-order valence-electron chi connectivity index (χ3n) is 7.37. The zero-order valence-electron chi connectivity index (χ0n) is 21.4. The zero-order valence-corrected chi connectivity index (χ0v) is 21.4. The molecule has 6 heteroatoms. The van der Waals surface area contributed by atoms with E-state index < -0.39 is 5.97 Å². The molecule has 0 bridgehead atoms. The first-order valence-electron chi connectivity index (χ1n) is 12.9. The van der Waals surface area contributed by atoms with Crippen LogP contribution >= 0.6 is 0 Å². The first-order valence-corrected chi connectivity index (χ1v) is 12.9. The second-order valence-electron chi connectivity index (χ2n) is 9.80. The van der Waals surface area contributed by atoms with Gasteiger partial charge in [-0.25, -0.2) is 9.18 Å². The van der Waals surface area contributed by atoms with Crippen LogP contribution in [0.4, 0.5) is 4.39 Å². The zero-order chi connectivity index (χ0) is 25.9. The lowest BCUT2D eigenvalue weighted by molar-refractivity contribution is 0.0475. The summed E-state index contributed by atoms with van der Waals surface area (Å²) < 4.78 is 20.9. The maximum absolute atomic E-state index is 13.4. The van der Waals surface area contributed by atoms with Crippen molar-refractivity contribution in [1.82, 2.24) is 9.55 Å². The summed E-state index contributed by atoms with van der Waals surface area (Å²) >= 11 is 0. The molecule has 5 rings (SSSR count). The lowest BCUT2D eigenvalue weighted by Crippen LogP contribution is -2.18. The fraction of sp³-hybridized carbons (Fsp3) is 0.323. The molecule has 0 spiro atoms. The third-order valence-corrected chi connectivity index (χ3v) is 7.37. The molecule has 1 aliphatic rings. The van der Waals surface area contributed by atoms with E-state index >= 15 is 0 Å². The number of para-hydroxylation sites is 1. The molecule has 2 heterocycles. The molecular formula is C31H31FN2O3. The van der Waals surface area contributed by atoms with Gasteiger partial charge in [-0.2, -0.15) is 0 Å². The number of benzene rings is 2. The minimum Gasteiger partial charge on any atom is -0.454 e. The van der Waals surface area contributed by atoms with Gasteiger partial charge in [-0.1, -0.05) is 36.8 Å². The lowest BCUT2D eigenvalue weighted by atomic mass is 9.97. The Morgan fingerprint density at radius 2 is 1.76 bits per heavy atom. The van der Waals surface area contributed by atoms with E-state index in [1.165, 1.54) is 12.1 Å². The Labute approximate surface area is 216 Å². The monoisotopic (exact) mass is 498 g/mol. The van der Waals surface area contributed by atoms with Crippen LogP contribution in [0.3, 0.4) is 0 Å². The number of hydrogen-bond acceptors (Lipinski definition) is 4. The van der Waals surface area contributed by atoms with Crippen molar-refractivity contribution in [1.29, 1.82) is 0 Å². The van der Waals surface area contributed by atoms with Gasteiger partial charge in [-0.05, 0) is 81.3 Å². The molecule has 5 nitrogen and oxygen atoms in total. The molecular weight excluding hydrogens is 467 g/mol. The summed E-state index contributed by atoms with van der Waals surface area (Å²) in [5, 5.41) is 0.777. The summed E-state index contributed by atoms with van der Waals surface area (Å²) in [6.07, 6.45) is 5.54. The Hall–Kier alpha value is -3.80. The Morgan fingerprint density at radius 1 is 1.00 bits per heavy atom. The number of pyridine rings is 1. The van der Waals surface area contributed by atoms with Gasteiger partial charge in [0.2, 0.25) is 5.78 Å². The summed E-state index contributed by atoms with van der Waals surface area (Å²) in [5.41, 5.74) is 6.66. The van der Waals surface area contributed by atoms with Crippen LogP contribution in [0.1, 0.15) is 68.2 Å². The average Bonchev–Trinajstić information content (AvgIpc) is 3.04. The molecule has 0 saturated heterocycles. The highest BCUT2D eigenvalue weighted by Crippen LogP contribution is 2.29. The van der Waals surface area contributed by atoms with Crippen molar-refractivity contribution in [3.8, 4) is 0 Å². The van der Waals surface area contributed by atoms with E-state index in [0.29, 0.717) is 17.7 Å². The number of Topliss-reactive ketones (excluding diaryl/α,β-unsaturated/α-hetero) is 1. The van der Waals surface area contributed by atoms with Crippen molar-refractivity contribution in [2.24, 2.45) is 0 Å². The molecule has 1 aliphatic carbocycles. The van der Waals surface area contributed by atoms with E-state index in [9.17, 15) is 14.0 Å². The molecule has 0 radical (unpaired) electrons. The largest absolute Gasteiger partial charge is 0.454 e. The summed E-state index contributed by atoms with van der Waals surface area (Å²) in [7, 11) is 0. The molecule has 0 amide bonds. The van der Waals surface area contributed by atoms with Crippen molar-refractivity contribution in [2.75, 3.05) is 6.61 Å². The Bertz CT molecular complexity index is 1470. The number of halogens is 1. The van der Waals surface area contributed by atoms with Crippen LogP contribution in [-0.4, -0.2) is 27.9 Å². The minimum atomic E-state index is -0.463. The fourth-order valence-electron chi connectivity index (χ4n) is 5.38. The SMILES string of the molecule is Cc1cc(C(=O)COC(=O)c2c3c(nc4ccccc24)CCCCC3)c(C)n1CCc1ccc(F)cc1. The van der Waals surface area contributed by atoms with Gasteiger partial charge in [0.15, 0.2) is 6.61 Å². The van der Waals surface area contributed by atoms with Gasteiger partial charge in [0.25, 0.3) is 0 Å². The predicted octanol–water partition coefficient (Wildman–Crippen LogP) is 6.34. The highest BCUT2D eigenvalue weighted by atomic mass is 19.1. The molecule has 190 valence electrons. The second kappa shape index (κ2) is 10.7. The number of nitrogens with zero attached hydrogens (tertiary/aromatic N) is 2. The van der Waals surface area contributed by atoms with Gasteiger partial charge < -0.3 is 9.30 Å². The van der Waals surface area contributed by atoms with Gasteiger partial charge in [-0.15, -0.1) is 0 Å². The Morgan fingerprint density at radius 3 is 2.57 bits per heavy atom. The quantitative estimate of drug-likeness (QED) is 0.169. The standard InChI is InChI=1S/C31H31FN2O3/c1-20-18-26(21(2)34(20)17-16-22-12-14-23(32)15-13-22)29(35)19-37-31(36)30-24-8-4-3-5-10-27(24)33-28-11-7-6-9-25(28)30/h6-7,9,11-15,18H,3-5,8,10,16-17,19H2,1-2H3. The number of aromatic nitrogens is 2. The van der Waals surface area contributed by atoms with Gasteiger partial charge in [-0.3, -0.25) is 9.78 Å². The highest BCUT2D eigenvalue weighted by molar-refractivity contribution is 6.06. The Balaban J connectivity index is 1.33. The summed E-state index contributed by atoms with van der Waals surface area (Å²) in [5.74, 6) is -0.940. The number of carbonyl (C=O) groups excluding carboxylic acids is 2. The maximum Gasteiger partial charge on any atom is 0.339 e. The van der Waals surface area contributed by atoms with E-state index in [1.807, 2.05) is 44.2 Å². The van der Waals surface area contributed by atoms with Crippen LogP contribution < -0.4 is 0 Å². The number of carbonyl (C=O) groups is 2. The van der Waals surface area contributed by atoms with Crippen molar-refractivity contribution in [2.45, 2.75) is 58.9 Å². The number of esters is 1. The normalized spacial score (nSPS) is 13.3. The molecule has 2 aromatic heterocycles. The lowest BCUT2D eigenvalue weighted by Gasteiger charge is -2.15. The number of fused-ring (bicyclic) bond motifs is 2. The first kappa shape index (κ1) is 24.9. The summed E-state index contributed by atoms with van der Waals surface area (Å²) in [6, 6.07) is 16.0. The molecule has 0 fully saturated rings. The number of ether oxygens (including phenoxy) is 1. The Kier molecular flexibility index (Phi) is 7.17. The van der Waals surface area contributed by atoms with E-state index in [1.54, 1.807) is 12.1 Å². The summed E-state index contributed by atoms with van der Waals surface area (Å²) in [6.45, 7) is 4.22. The third kappa shape index (κ3) is 5.19. The molecule has 0 saturated carbocycles. The smallest absolute Gasteiger partial charge is 0.339 e. The van der Waals surface area contributed by atoms with Crippen LogP contribution in [0.25, 0.3) is 10.9 Å². The molecule has 0 unspecified atom stereocenters. The maximum atomic E-state index is 13.4. The molecule has 0 N–H and O–H groups in total. The number of rotatable bonds is 7. The van der Waals surface area contributed by atoms with Crippen LogP contribution in [0, 0.1) is 19.7 Å². The average molecular weight is 499 g/mol. The van der Waals surface area contributed by atoms with Crippen molar-refractivity contribution >= 4 is 22.7 Å². The van der Waals surface area contributed by atoms with Crippen molar-refractivity contribution in [3.63, 3.8) is 0 Å². The minimum absolute atomic E-state index is 0.223. The molecule has 0 aliphatic heterocycles. The predicted molar refractivity (Wildman–Crippen MR) is 142 cm³/mol. The second-order valence-corrected chi connectivity index (χ2v) is 9.80. The molecule has 0 atom stereocenters. The van der Waals surface area contributed by atoms with Crippen molar-refractivity contribution in [3.05, 3.63) is 99.8 Å². The van der Waals surface area contributed by atoms with E-state index in [4.69, 9.17) is 9.72 Å².